The zero-order chi connectivity index (χ0) is 15.5. The minimum atomic E-state index is -0.176. The summed E-state index contributed by atoms with van der Waals surface area (Å²) in [6.07, 6.45) is 3.49. The summed E-state index contributed by atoms with van der Waals surface area (Å²) in [5, 5.41) is 0. The van der Waals surface area contributed by atoms with Gasteiger partial charge in [-0.25, -0.2) is 0 Å². The Morgan fingerprint density at radius 2 is 1.81 bits per heavy atom. The molecule has 1 rings (SSSR count). The first-order valence-corrected chi connectivity index (χ1v) is 7.38. The van der Waals surface area contributed by atoms with Crippen LogP contribution >= 0.6 is 0 Å². The highest BCUT2D eigenvalue weighted by Crippen LogP contribution is 2.14. The van der Waals surface area contributed by atoms with Crippen LogP contribution in [0.4, 0.5) is 0 Å². The second kappa shape index (κ2) is 9.97. The van der Waals surface area contributed by atoms with E-state index in [9.17, 15) is 9.59 Å². The van der Waals surface area contributed by atoms with Gasteiger partial charge in [0.05, 0.1) is 7.11 Å². The molecule has 4 heteroatoms. The molecule has 0 aliphatic rings. The molecule has 0 unspecified atom stereocenters. The van der Waals surface area contributed by atoms with Crippen molar-refractivity contribution in [2.75, 3.05) is 7.11 Å². The van der Waals surface area contributed by atoms with Gasteiger partial charge in [-0.2, -0.15) is 0 Å². The average Bonchev–Trinajstić information content (AvgIpc) is 2.50. The first-order valence-electron chi connectivity index (χ1n) is 7.38. The monoisotopic (exact) mass is 292 g/mol. The number of hydrogen-bond acceptors (Lipinski definition) is 4. The minimum Gasteiger partial charge on any atom is -0.469 e. The van der Waals surface area contributed by atoms with E-state index in [1.165, 1.54) is 7.11 Å². The summed E-state index contributed by atoms with van der Waals surface area (Å²) in [5.41, 5.74) is 0.998. The normalized spacial score (nSPS) is 11.7. The Hall–Kier alpha value is -1.84. The topological polar surface area (TPSA) is 52.6 Å². The summed E-state index contributed by atoms with van der Waals surface area (Å²) in [6.45, 7) is 2.35. The molecule has 0 N–H and O–H groups in total. The maximum atomic E-state index is 11.6. The number of rotatable bonds is 9. The first-order chi connectivity index (χ1) is 10.1. The lowest BCUT2D eigenvalue weighted by Gasteiger charge is -2.09. The van der Waals surface area contributed by atoms with Crippen molar-refractivity contribution >= 4 is 11.9 Å². The van der Waals surface area contributed by atoms with Gasteiger partial charge in [0.1, 0.15) is 6.61 Å². The molecule has 0 radical (unpaired) electrons. The Morgan fingerprint density at radius 3 is 2.48 bits per heavy atom. The van der Waals surface area contributed by atoms with E-state index in [-0.39, 0.29) is 17.9 Å². The molecule has 0 saturated carbocycles. The number of carbonyl (C=O) groups excluding carboxylic acids is 2. The molecule has 0 amide bonds. The van der Waals surface area contributed by atoms with Crippen LogP contribution in [0, 0.1) is 5.92 Å². The van der Waals surface area contributed by atoms with Crippen LogP contribution in [0.15, 0.2) is 30.3 Å². The number of unbranched alkanes of at least 4 members (excludes halogenated alkanes) is 1. The van der Waals surface area contributed by atoms with Crippen molar-refractivity contribution in [2.24, 2.45) is 5.92 Å². The molecule has 4 nitrogen and oxygen atoms in total. The molecule has 116 valence electrons. The van der Waals surface area contributed by atoms with Gasteiger partial charge in [0, 0.05) is 12.8 Å². The SMILES string of the molecule is COC(=O)C[C@@H](C)CCCCC(=O)OCc1ccccc1. The molecule has 0 aliphatic heterocycles. The third kappa shape index (κ3) is 8.12. The predicted molar refractivity (Wildman–Crippen MR) is 80.5 cm³/mol. The van der Waals surface area contributed by atoms with E-state index in [1.54, 1.807) is 0 Å². The van der Waals surface area contributed by atoms with Crippen LogP contribution in [-0.4, -0.2) is 19.0 Å². The van der Waals surface area contributed by atoms with Gasteiger partial charge in [0.2, 0.25) is 0 Å². The first kappa shape index (κ1) is 17.2. The van der Waals surface area contributed by atoms with E-state index < -0.39 is 0 Å². The molecule has 0 saturated heterocycles. The zero-order valence-corrected chi connectivity index (χ0v) is 12.8. The van der Waals surface area contributed by atoms with Crippen LogP contribution in [0.5, 0.6) is 0 Å². The standard InChI is InChI=1S/C17H24O4/c1-14(12-17(19)20-2)8-6-7-11-16(18)21-13-15-9-4-3-5-10-15/h3-5,9-10,14H,6-8,11-13H2,1-2H3/t14-/m0/s1. The highest BCUT2D eigenvalue weighted by molar-refractivity contribution is 5.69. The molecular formula is C17H24O4. The molecule has 0 spiro atoms. The number of carbonyl (C=O) groups is 2. The summed E-state index contributed by atoms with van der Waals surface area (Å²) >= 11 is 0. The van der Waals surface area contributed by atoms with Gasteiger partial charge in [-0.15, -0.1) is 0 Å². The zero-order valence-electron chi connectivity index (χ0n) is 12.8. The molecule has 0 aliphatic carbocycles. The van der Waals surface area contributed by atoms with Crippen LogP contribution in [0.1, 0.15) is 44.6 Å². The highest BCUT2D eigenvalue weighted by Gasteiger charge is 2.09. The third-order valence-electron chi connectivity index (χ3n) is 3.31. The van der Waals surface area contributed by atoms with Crippen molar-refractivity contribution in [1.29, 1.82) is 0 Å². The van der Waals surface area contributed by atoms with E-state index in [1.807, 2.05) is 37.3 Å². The van der Waals surface area contributed by atoms with Crippen molar-refractivity contribution in [3.8, 4) is 0 Å². The molecule has 0 aromatic heterocycles. The van der Waals surface area contributed by atoms with Gasteiger partial charge in [0.15, 0.2) is 0 Å². The van der Waals surface area contributed by atoms with Crippen molar-refractivity contribution in [1.82, 2.24) is 0 Å². The Balaban J connectivity index is 2.07. The van der Waals surface area contributed by atoms with E-state index in [0.29, 0.717) is 19.4 Å². The average molecular weight is 292 g/mol. The fourth-order valence-corrected chi connectivity index (χ4v) is 2.04. The van der Waals surface area contributed by atoms with Crippen LogP contribution in [0.25, 0.3) is 0 Å². The molecule has 1 aromatic rings. The van der Waals surface area contributed by atoms with Crippen LogP contribution in [0.2, 0.25) is 0 Å². The van der Waals surface area contributed by atoms with Crippen molar-refractivity contribution in [3.05, 3.63) is 35.9 Å². The Kier molecular flexibility index (Phi) is 8.17. The Labute approximate surface area is 126 Å². The van der Waals surface area contributed by atoms with E-state index in [2.05, 4.69) is 4.74 Å². The molecule has 0 heterocycles. The van der Waals surface area contributed by atoms with Crippen molar-refractivity contribution < 1.29 is 19.1 Å². The van der Waals surface area contributed by atoms with Gasteiger partial charge in [-0.1, -0.05) is 50.1 Å². The lowest BCUT2D eigenvalue weighted by Crippen LogP contribution is -2.08. The van der Waals surface area contributed by atoms with Gasteiger partial charge in [-0.05, 0) is 17.9 Å². The van der Waals surface area contributed by atoms with Gasteiger partial charge in [0.25, 0.3) is 0 Å². The molecule has 0 fully saturated rings. The maximum Gasteiger partial charge on any atom is 0.306 e. The summed E-state index contributed by atoms with van der Waals surface area (Å²) in [7, 11) is 1.40. The number of esters is 2. The minimum absolute atomic E-state index is 0.167. The maximum absolute atomic E-state index is 11.6. The Morgan fingerprint density at radius 1 is 1.10 bits per heavy atom. The second-order valence-electron chi connectivity index (χ2n) is 5.28. The van der Waals surface area contributed by atoms with Gasteiger partial charge < -0.3 is 9.47 Å². The molecule has 21 heavy (non-hydrogen) atoms. The summed E-state index contributed by atoms with van der Waals surface area (Å²) in [5.74, 6) is -0.0537. The quantitative estimate of drug-likeness (QED) is 0.516. The number of ether oxygens (including phenoxy) is 2. The molecule has 1 atom stereocenters. The van der Waals surface area contributed by atoms with Gasteiger partial charge in [-0.3, -0.25) is 9.59 Å². The lowest BCUT2D eigenvalue weighted by atomic mass is 10.00. The fraction of sp³-hybridized carbons (Fsp3) is 0.529. The number of hydrogen-bond donors (Lipinski definition) is 0. The fourth-order valence-electron chi connectivity index (χ4n) is 2.04. The van der Waals surface area contributed by atoms with Crippen molar-refractivity contribution in [3.63, 3.8) is 0 Å². The van der Waals surface area contributed by atoms with Crippen LogP contribution < -0.4 is 0 Å². The lowest BCUT2D eigenvalue weighted by molar-refractivity contribution is -0.145. The second-order valence-corrected chi connectivity index (χ2v) is 5.28. The van der Waals surface area contributed by atoms with Gasteiger partial charge >= 0.3 is 11.9 Å². The van der Waals surface area contributed by atoms with Crippen LogP contribution in [-0.2, 0) is 25.7 Å². The van der Waals surface area contributed by atoms with Crippen molar-refractivity contribution in [2.45, 2.75) is 45.6 Å². The number of benzene rings is 1. The third-order valence-corrected chi connectivity index (χ3v) is 3.31. The summed E-state index contributed by atoms with van der Waals surface area (Å²) in [4.78, 5) is 22.7. The highest BCUT2D eigenvalue weighted by atomic mass is 16.5. The number of methoxy groups -OCH3 is 1. The largest absolute Gasteiger partial charge is 0.469 e. The van der Waals surface area contributed by atoms with Crippen LogP contribution in [0.3, 0.4) is 0 Å². The van der Waals surface area contributed by atoms with E-state index in [0.717, 1.165) is 24.8 Å². The smallest absolute Gasteiger partial charge is 0.306 e. The summed E-state index contributed by atoms with van der Waals surface area (Å²) in [6, 6.07) is 9.64. The Bertz CT molecular complexity index is 428. The molecule has 0 bridgehead atoms. The van der Waals surface area contributed by atoms with E-state index >= 15 is 0 Å². The summed E-state index contributed by atoms with van der Waals surface area (Å²) < 4.78 is 9.83. The van der Waals surface area contributed by atoms with E-state index in [4.69, 9.17) is 4.74 Å². The molecular weight excluding hydrogens is 268 g/mol. The predicted octanol–water partition coefficient (Wildman–Crippen LogP) is 3.49. The molecule has 1 aromatic carbocycles.